The number of rotatable bonds is 9. The molecule has 224 valence electrons. The fraction of sp³-hybridized carbons (Fsp3) is 0.630. The first kappa shape index (κ1) is 32.1. The fourth-order valence-electron chi connectivity index (χ4n) is 5.48. The summed E-state index contributed by atoms with van der Waals surface area (Å²) >= 11 is 0.675. The molecule has 2 aromatic rings. The average Bonchev–Trinajstić information content (AvgIpc) is 3.47. The third-order valence-electron chi connectivity index (χ3n) is 8.18. The standard InChI is InChI=1S/C27H35F7N4OS/c1-6-17(2)36-22(39)37-25(26(29,30)31,27(32,33)34)24(12-11-20-9-10-21(28)40-20)13-14-38(16-24)23(4,5)19-8-7-18(3)35-15-19/h7-10,15,17H,6,11-14,16H2,1-5H3,(H2,36,37,39). The Balaban J connectivity index is 2.16. The van der Waals surface area contributed by atoms with Gasteiger partial charge in [0, 0.05) is 40.3 Å². The minimum Gasteiger partial charge on any atom is -0.336 e. The van der Waals surface area contributed by atoms with Gasteiger partial charge in [-0.2, -0.15) is 30.7 Å². The maximum absolute atomic E-state index is 15.0. The van der Waals surface area contributed by atoms with Gasteiger partial charge in [0.15, 0.2) is 5.13 Å². The smallest absolute Gasteiger partial charge is 0.336 e. The molecule has 40 heavy (non-hydrogen) atoms. The second-order valence-corrected chi connectivity index (χ2v) is 12.2. The van der Waals surface area contributed by atoms with Crippen LogP contribution >= 0.6 is 11.3 Å². The molecule has 0 spiro atoms. The fourth-order valence-corrected chi connectivity index (χ4v) is 6.20. The monoisotopic (exact) mass is 596 g/mol. The van der Waals surface area contributed by atoms with Crippen molar-refractivity contribution in [3.8, 4) is 0 Å². The first-order valence-electron chi connectivity index (χ1n) is 13.0. The number of aryl methyl sites for hydroxylation is 2. The van der Waals surface area contributed by atoms with Crippen molar-refractivity contribution in [2.24, 2.45) is 5.41 Å². The van der Waals surface area contributed by atoms with E-state index in [1.807, 2.05) is 0 Å². The van der Waals surface area contributed by atoms with E-state index in [9.17, 15) is 9.18 Å². The van der Waals surface area contributed by atoms with Gasteiger partial charge in [0.05, 0.1) is 0 Å². The Kier molecular flexibility index (Phi) is 9.20. The lowest BCUT2D eigenvalue weighted by Crippen LogP contribution is -2.77. The summed E-state index contributed by atoms with van der Waals surface area (Å²) in [6.45, 7) is 7.62. The van der Waals surface area contributed by atoms with Gasteiger partial charge in [-0.1, -0.05) is 13.0 Å². The van der Waals surface area contributed by atoms with Gasteiger partial charge < -0.3 is 10.6 Å². The Bertz CT molecular complexity index is 1150. The summed E-state index contributed by atoms with van der Waals surface area (Å²) in [4.78, 5) is 18.9. The van der Waals surface area contributed by atoms with E-state index in [0.29, 0.717) is 33.9 Å². The quantitative estimate of drug-likeness (QED) is 0.304. The lowest BCUT2D eigenvalue weighted by molar-refractivity contribution is -0.337. The molecule has 2 atom stereocenters. The van der Waals surface area contributed by atoms with Crippen molar-refractivity contribution in [3.63, 3.8) is 0 Å². The normalized spacial score (nSPS) is 20.0. The molecule has 3 heterocycles. The van der Waals surface area contributed by atoms with Crippen molar-refractivity contribution in [2.45, 2.75) is 89.8 Å². The van der Waals surface area contributed by atoms with Gasteiger partial charge in [-0.25, -0.2) is 4.79 Å². The van der Waals surface area contributed by atoms with Crippen LogP contribution in [0.15, 0.2) is 30.5 Å². The molecule has 0 radical (unpaired) electrons. The van der Waals surface area contributed by atoms with Crippen molar-refractivity contribution < 1.29 is 35.5 Å². The molecule has 5 nitrogen and oxygen atoms in total. The molecule has 2 unspecified atom stereocenters. The average molecular weight is 597 g/mol. The van der Waals surface area contributed by atoms with Gasteiger partial charge in [-0.05, 0) is 83.7 Å². The molecule has 1 saturated heterocycles. The SMILES string of the molecule is CCC(C)NC(=O)NC(C(F)(F)F)(C(F)(F)F)C1(CCc2ccc(F)s2)CCN(C(C)(C)c2ccc(C)nc2)C1. The van der Waals surface area contributed by atoms with E-state index in [1.54, 1.807) is 50.9 Å². The molecule has 0 aliphatic carbocycles. The van der Waals surface area contributed by atoms with E-state index in [0.717, 1.165) is 6.07 Å². The summed E-state index contributed by atoms with van der Waals surface area (Å²) < 4.78 is 104. The summed E-state index contributed by atoms with van der Waals surface area (Å²) in [5, 5.41) is 3.02. The lowest BCUT2D eigenvalue weighted by Gasteiger charge is -2.51. The van der Waals surface area contributed by atoms with E-state index in [2.05, 4.69) is 10.3 Å². The molecule has 1 aliphatic rings. The number of amides is 2. The minimum absolute atomic E-state index is 0.0950. The molecular weight excluding hydrogens is 561 g/mol. The molecule has 2 N–H and O–H groups in total. The number of hydrogen-bond acceptors (Lipinski definition) is 4. The first-order chi connectivity index (χ1) is 18.4. The molecule has 0 bridgehead atoms. The zero-order chi connectivity index (χ0) is 30.1. The van der Waals surface area contributed by atoms with Gasteiger partial charge in [0.25, 0.3) is 0 Å². The van der Waals surface area contributed by atoms with Crippen molar-refractivity contribution in [1.29, 1.82) is 0 Å². The van der Waals surface area contributed by atoms with Crippen molar-refractivity contribution in [3.05, 3.63) is 51.7 Å². The first-order valence-corrected chi connectivity index (χ1v) is 13.8. The number of thiophene rings is 1. The molecule has 1 aliphatic heterocycles. The Labute approximate surface area is 233 Å². The molecule has 13 heteroatoms. The number of nitrogens with zero attached hydrogens (tertiary/aromatic N) is 2. The molecule has 2 amide bonds. The summed E-state index contributed by atoms with van der Waals surface area (Å²) in [6, 6.07) is 3.74. The van der Waals surface area contributed by atoms with Crippen molar-refractivity contribution in [1.82, 2.24) is 20.5 Å². The predicted octanol–water partition coefficient (Wildman–Crippen LogP) is 7.11. The van der Waals surface area contributed by atoms with Gasteiger partial charge in [-0.15, -0.1) is 11.3 Å². The van der Waals surface area contributed by atoms with Crippen LogP contribution < -0.4 is 10.6 Å². The van der Waals surface area contributed by atoms with Gasteiger partial charge in [0.2, 0.25) is 5.54 Å². The second kappa shape index (κ2) is 11.5. The Morgan fingerprint density at radius 2 is 1.77 bits per heavy atom. The Hall–Kier alpha value is -2.41. The van der Waals surface area contributed by atoms with Crippen LogP contribution in [0.2, 0.25) is 0 Å². The molecule has 3 rings (SSSR count). The maximum atomic E-state index is 15.0. The van der Waals surface area contributed by atoms with Gasteiger partial charge in [-0.3, -0.25) is 9.88 Å². The van der Waals surface area contributed by atoms with Crippen LogP contribution in [-0.2, 0) is 12.0 Å². The summed E-state index contributed by atoms with van der Waals surface area (Å²) in [6.07, 6.45) is -11.3. The van der Waals surface area contributed by atoms with E-state index < -0.39 is 65.4 Å². The maximum Gasteiger partial charge on any atom is 0.421 e. The predicted molar refractivity (Wildman–Crippen MR) is 139 cm³/mol. The highest BCUT2D eigenvalue weighted by atomic mass is 32.1. The highest BCUT2D eigenvalue weighted by molar-refractivity contribution is 7.10. The van der Waals surface area contributed by atoms with E-state index in [4.69, 9.17) is 0 Å². The summed E-state index contributed by atoms with van der Waals surface area (Å²) in [5.74, 6) is 0. The van der Waals surface area contributed by atoms with E-state index in [-0.39, 0.29) is 13.0 Å². The van der Waals surface area contributed by atoms with Crippen LogP contribution in [0.25, 0.3) is 0 Å². The van der Waals surface area contributed by atoms with Gasteiger partial charge in [0.1, 0.15) is 0 Å². The number of carbonyl (C=O) groups is 1. The van der Waals surface area contributed by atoms with E-state index in [1.165, 1.54) is 18.3 Å². The topological polar surface area (TPSA) is 57.3 Å². The Morgan fingerprint density at radius 1 is 1.12 bits per heavy atom. The minimum atomic E-state index is -5.90. The number of pyridine rings is 1. The van der Waals surface area contributed by atoms with Crippen molar-refractivity contribution >= 4 is 17.4 Å². The van der Waals surface area contributed by atoms with Crippen molar-refractivity contribution in [2.75, 3.05) is 13.1 Å². The van der Waals surface area contributed by atoms with Crippen LogP contribution in [0.1, 0.15) is 63.1 Å². The van der Waals surface area contributed by atoms with Crippen LogP contribution in [0, 0.1) is 17.5 Å². The highest BCUT2D eigenvalue weighted by Gasteiger charge is 2.80. The van der Waals surface area contributed by atoms with Crippen LogP contribution in [-0.4, -0.2) is 52.9 Å². The van der Waals surface area contributed by atoms with Crippen LogP contribution in [0.3, 0.4) is 0 Å². The van der Waals surface area contributed by atoms with E-state index >= 15 is 26.3 Å². The highest BCUT2D eigenvalue weighted by Crippen LogP contribution is 2.59. The third-order valence-corrected chi connectivity index (χ3v) is 9.11. The number of nitrogens with one attached hydrogen (secondary N) is 2. The van der Waals surface area contributed by atoms with Crippen LogP contribution in [0.5, 0.6) is 0 Å². The third kappa shape index (κ3) is 6.09. The summed E-state index contributed by atoms with van der Waals surface area (Å²) in [5.41, 5.74) is -6.73. The zero-order valence-corrected chi connectivity index (χ0v) is 23.9. The Morgan fingerprint density at radius 3 is 2.27 bits per heavy atom. The molecule has 0 saturated carbocycles. The number of halogens is 7. The second-order valence-electron chi connectivity index (χ2n) is 11.1. The van der Waals surface area contributed by atoms with Crippen LogP contribution in [0.4, 0.5) is 35.5 Å². The number of hydrogen-bond donors (Lipinski definition) is 2. The molecule has 1 fully saturated rings. The largest absolute Gasteiger partial charge is 0.421 e. The number of likely N-dealkylation sites (tertiary alicyclic amines) is 1. The summed E-state index contributed by atoms with van der Waals surface area (Å²) in [7, 11) is 0. The molecule has 0 aromatic carbocycles. The number of aromatic nitrogens is 1. The number of alkyl halides is 6. The number of urea groups is 1. The molecular formula is C27H35F7N4OS. The lowest BCUT2D eigenvalue weighted by atomic mass is 9.64. The molecule has 2 aromatic heterocycles. The van der Waals surface area contributed by atoms with Gasteiger partial charge >= 0.3 is 18.4 Å². The number of carbonyl (C=O) groups excluding carboxylic acids is 1. The zero-order valence-electron chi connectivity index (χ0n) is 23.1.